The maximum atomic E-state index is 14.0. The van der Waals surface area contributed by atoms with E-state index in [1.165, 1.54) is 6.07 Å². The zero-order chi connectivity index (χ0) is 23.2. The fourth-order valence-electron chi connectivity index (χ4n) is 3.95. The highest BCUT2D eigenvalue weighted by Crippen LogP contribution is 2.28. The monoisotopic (exact) mass is 450 g/mol. The predicted octanol–water partition coefficient (Wildman–Crippen LogP) is 3.82. The molecule has 1 aliphatic heterocycles. The first-order valence-electron chi connectivity index (χ1n) is 11.3. The molecule has 33 heavy (non-hydrogen) atoms. The van der Waals surface area contributed by atoms with E-state index in [-0.39, 0.29) is 17.7 Å². The summed E-state index contributed by atoms with van der Waals surface area (Å²) in [6.45, 7) is 7.93. The Labute approximate surface area is 194 Å². The number of hydrogen-bond acceptors (Lipinski definition) is 5. The lowest BCUT2D eigenvalue weighted by Crippen LogP contribution is -2.47. The molecule has 7 nitrogen and oxygen atoms in total. The molecule has 0 spiro atoms. The van der Waals surface area contributed by atoms with Crippen LogP contribution in [0.2, 0.25) is 0 Å². The number of guanidine groups is 1. The third-order valence-corrected chi connectivity index (χ3v) is 6.14. The molecule has 174 valence electrons. The SMILES string of the molecule is CC(c1ccc(-c2ccccc2F)cc1)c1cc(NC(=N)NCCN2CCN(C)CC2)on1. The number of likely N-dealkylation sites (N-methyl/N-ethyl adjacent to an activating group) is 1. The molecule has 0 bridgehead atoms. The van der Waals surface area contributed by atoms with Gasteiger partial charge >= 0.3 is 0 Å². The number of piperazine rings is 1. The number of rotatable bonds is 7. The van der Waals surface area contributed by atoms with Crippen molar-refractivity contribution in [3.05, 3.63) is 71.7 Å². The minimum absolute atomic E-state index is 0.00153. The van der Waals surface area contributed by atoms with Gasteiger partial charge in [0.25, 0.3) is 0 Å². The van der Waals surface area contributed by atoms with Crippen LogP contribution in [0.4, 0.5) is 10.3 Å². The van der Waals surface area contributed by atoms with Crippen molar-refractivity contribution in [2.45, 2.75) is 12.8 Å². The Morgan fingerprint density at radius 3 is 2.58 bits per heavy atom. The summed E-state index contributed by atoms with van der Waals surface area (Å²) in [5.41, 5.74) is 3.24. The number of benzene rings is 2. The van der Waals surface area contributed by atoms with Crippen LogP contribution >= 0.6 is 0 Å². The molecule has 3 aromatic rings. The molecule has 1 saturated heterocycles. The van der Waals surface area contributed by atoms with Crippen molar-refractivity contribution < 1.29 is 8.91 Å². The zero-order valence-electron chi connectivity index (χ0n) is 19.1. The third-order valence-electron chi connectivity index (χ3n) is 6.14. The van der Waals surface area contributed by atoms with E-state index in [1.54, 1.807) is 12.1 Å². The van der Waals surface area contributed by atoms with Crippen LogP contribution in [0.3, 0.4) is 0 Å². The van der Waals surface area contributed by atoms with Crippen molar-refractivity contribution in [3.8, 4) is 11.1 Å². The molecule has 2 aromatic carbocycles. The summed E-state index contributed by atoms with van der Waals surface area (Å²) in [5.74, 6) is 0.383. The number of nitrogens with one attached hydrogen (secondary N) is 3. The van der Waals surface area contributed by atoms with Crippen LogP contribution in [0, 0.1) is 11.2 Å². The lowest BCUT2D eigenvalue weighted by atomic mass is 9.95. The smallest absolute Gasteiger partial charge is 0.231 e. The molecule has 1 unspecified atom stereocenters. The molecule has 3 N–H and O–H groups in total. The van der Waals surface area contributed by atoms with E-state index in [0.717, 1.165) is 49.5 Å². The van der Waals surface area contributed by atoms with Crippen LogP contribution < -0.4 is 10.6 Å². The van der Waals surface area contributed by atoms with Crippen molar-refractivity contribution in [2.75, 3.05) is 51.6 Å². The van der Waals surface area contributed by atoms with Gasteiger partial charge in [0.2, 0.25) is 5.88 Å². The van der Waals surface area contributed by atoms with E-state index in [2.05, 4.69) is 32.6 Å². The quantitative estimate of drug-likeness (QED) is 0.375. The van der Waals surface area contributed by atoms with Gasteiger partial charge in [0.15, 0.2) is 5.96 Å². The van der Waals surface area contributed by atoms with Gasteiger partial charge in [-0.1, -0.05) is 54.5 Å². The summed E-state index contributed by atoms with van der Waals surface area (Å²) >= 11 is 0. The van der Waals surface area contributed by atoms with Crippen LogP contribution in [0.15, 0.2) is 59.1 Å². The Balaban J connectivity index is 1.28. The molecule has 8 heteroatoms. The fourth-order valence-corrected chi connectivity index (χ4v) is 3.95. The van der Waals surface area contributed by atoms with Gasteiger partial charge in [-0.3, -0.25) is 15.6 Å². The second kappa shape index (κ2) is 10.6. The highest BCUT2D eigenvalue weighted by molar-refractivity contribution is 5.89. The van der Waals surface area contributed by atoms with Gasteiger partial charge < -0.3 is 14.7 Å². The first-order chi connectivity index (χ1) is 16.0. The van der Waals surface area contributed by atoms with Crippen molar-refractivity contribution in [2.24, 2.45) is 0 Å². The highest BCUT2D eigenvalue weighted by atomic mass is 19.1. The molecule has 1 aromatic heterocycles. The minimum Gasteiger partial charge on any atom is -0.355 e. The Morgan fingerprint density at radius 2 is 1.85 bits per heavy atom. The molecular weight excluding hydrogens is 419 g/mol. The Hall–Kier alpha value is -3.23. The standard InChI is InChI=1S/C25H31FN6O/c1-18(19-7-9-20(10-8-19)21-5-3-4-6-22(21)26)23-17-24(33-30-23)29-25(27)28-11-12-32-15-13-31(2)14-16-32/h3-10,17-18H,11-16H2,1-2H3,(H3,27,28,29). The van der Waals surface area contributed by atoms with Crippen molar-refractivity contribution in [1.82, 2.24) is 20.3 Å². The van der Waals surface area contributed by atoms with Gasteiger partial charge in [0, 0.05) is 56.8 Å². The summed E-state index contributed by atoms with van der Waals surface area (Å²) in [5, 5.41) is 18.3. The maximum absolute atomic E-state index is 14.0. The zero-order valence-corrected chi connectivity index (χ0v) is 19.1. The Morgan fingerprint density at radius 1 is 1.12 bits per heavy atom. The second-order valence-electron chi connectivity index (χ2n) is 8.51. The normalized spacial score (nSPS) is 15.8. The Bertz CT molecular complexity index is 1060. The molecule has 0 amide bonds. The van der Waals surface area contributed by atoms with Crippen molar-refractivity contribution in [1.29, 1.82) is 5.41 Å². The van der Waals surface area contributed by atoms with Crippen LogP contribution in [-0.2, 0) is 0 Å². The van der Waals surface area contributed by atoms with E-state index in [0.29, 0.717) is 18.0 Å². The van der Waals surface area contributed by atoms with E-state index < -0.39 is 0 Å². The molecule has 1 atom stereocenters. The first kappa shape index (κ1) is 22.9. The van der Waals surface area contributed by atoms with Crippen LogP contribution in [0.1, 0.15) is 24.1 Å². The van der Waals surface area contributed by atoms with Crippen molar-refractivity contribution in [3.63, 3.8) is 0 Å². The summed E-state index contributed by atoms with van der Waals surface area (Å²) in [6.07, 6.45) is 0. The summed E-state index contributed by atoms with van der Waals surface area (Å²) in [6, 6.07) is 16.4. The molecular formula is C25H31FN6O. The van der Waals surface area contributed by atoms with Gasteiger partial charge in [0.1, 0.15) is 5.82 Å². The second-order valence-corrected chi connectivity index (χ2v) is 8.51. The third kappa shape index (κ3) is 5.97. The van der Waals surface area contributed by atoms with E-state index in [4.69, 9.17) is 9.93 Å². The molecule has 0 aliphatic carbocycles. The van der Waals surface area contributed by atoms with Gasteiger partial charge in [-0.25, -0.2) is 4.39 Å². The maximum Gasteiger partial charge on any atom is 0.231 e. The number of hydrogen-bond donors (Lipinski definition) is 3. The van der Waals surface area contributed by atoms with Crippen LogP contribution in [-0.4, -0.2) is 67.2 Å². The number of aromatic nitrogens is 1. The number of anilines is 1. The number of nitrogens with zero attached hydrogens (tertiary/aromatic N) is 3. The van der Waals surface area contributed by atoms with Crippen LogP contribution in [0.25, 0.3) is 11.1 Å². The predicted molar refractivity (Wildman–Crippen MR) is 129 cm³/mol. The van der Waals surface area contributed by atoms with Gasteiger partial charge in [-0.2, -0.15) is 0 Å². The average molecular weight is 451 g/mol. The highest BCUT2D eigenvalue weighted by Gasteiger charge is 2.16. The van der Waals surface area contributed by atoms with Crippen molar-refractivity contribution >= 4 is 11.8 Å². The average Bonchev–Trinajstić information content (AvgIpc) is 3.29. The fraction of sp³-hybridized carbons (Fsp3) is 0.360. The van der Waals surface area contributed by atoms with E-state index in [1.807, 2.05) is 43.3 Å². The topological polar surface area (TPSA) is 80.4 Å². The molecule has 1 fully saturated rings. The molecule has 4 rings (SSSR count). The lowest BCUT2D eigenvalue weighted by molar-refractivity contribution is 0.156. The Kier molecular flexibility index (Phi) is 7.36. The van der Waals surface area contributed by atoms with E-state index >= 15 is 0 Å². The first-order valence-corrected chi connectivity index (χ1v) is 11.3. The molecule has 1 aliphatic rings. The minimum atomic E-state index is -0.231. The number of halogens is 1. The molecule has 0 radical (unpaired) electrons. The largest absolute Gasteiger partial charge is 0.355 e. The van der Waals surface area contributed by atoms with Crippen LogP contribution in [0.5, 0.6) is 0 Å². The summed E-state index contributed by atoms with van der Waals surface area (Å²) in [4.78, 5) is 4.72. The van der Waals surface area contributed by atoms with Gasteiger partial charge in [-0.15, -0.1) is 0 Å². The molecule has 2 heterocycles. The summed E-state index contributed by atoms with van der Waals surface area (Å²) in [7, 11) is 2.14. The lowest BCUT2D eigenvalue weighted by Gasteiger charge is -2.32. The molecule has 0 saturated carbocycles. The van der Waals surface area contributed by atoms with Gasteiger partial charge in [-0.05, 0) is 24.2 Å². The van der Waals surface area contributed by atoms with E-state index in [9.17, 15) is 4.39 Å². The summed E-state index contributed by atoms with van der Waals surface area (Å²) < 4.78 is 19.4. The van der Waals surface area contributed by atoms with Gasteiger partial charge in [0.05, 0.1) is 5.69 Å².